The van der Waals surface area contributed by atoms with Crippen LogP contribution in [0.5, 0.6) is 0 Å². The monoisotopic (exact) mass is 279 g/mol. The average molecular weight is 279 g/mol. The van der Waals surface area contributed by atoms with Crippen molar-refractivity contribution in [2.24, 2.45) is 0 Å². The maximum atomic E-state index is 5.22. The molecule has 0 saturated heterocycles. The molecule has 18 heavy (non-hydrogen) atoms. The van der Waals surface area contributed by atoms with Gasteiger partial charge in [0.05, 0.1) is 10.2 Å². The molecule has 1 nitrogen and oxygen atoms in total. The van der Waals surface area contributed by atoms with Crippen LogP contribution in [0.15, 0.2) is 18.2 Å². The van der Waals surface area contributed by atoms with Gasteiger partial charge in [-0.1, -0.05) is 51.2 Å². The quantitative estimate of drug-likeness (QED) is 0.495. The molecule has 0 bridgehead atoms. The van der Waals surface area contributed by atoms with Crippen LogP contribution < -0.4 is 0 Å². The predicted molar refractivity (Wildman–Crippen MR) is 84.1 cm³/mol. The molecule has 0 aliphatic carbocycles. The Hall–Kier alpha value is -0.670. The Kier molecular flexibility index (Phi) is 5.39. The highest BCUT2D eigenvalue weighted by molar-refractivity contribution is 7.73. The van der Waals surface area contributed by atoms with Crippen LogP contribution in [0, 0.1) is 3.95 Å². The van der Waals surface area contributed by atoms with Crippen molar-refractivity contribution in [1.29, 1.82) is 0 Å². The molecule has 0 spiro atoms. The Morgan fingerprint density at radius 2 is 1.89 bits per heavy atom. The molecule has 0 aliphatic rings. The van der Waals surface area contributed by atoms with E-state index in [9.17, 15) is 0 Å². The third-order valence-electron chi connectivity index (χ3n) is 3.34. The lowest BCUT2D eigenvalue weighted by Crippen LogP contribution is -1.88. The van der Waals surface area contributed by atoms with E-state index in [1.54, 1.807) is 11.3 Å². The van der Waals surface area contributed by atoms with Gasteiger partial charge in [-0.25, -0.2) is 0 Å². The summed E-state index contributed by atoms with van der Waals surface area (Å²) in [6, 6.07) is 6.53. The topological polar surface area (TPSA) is 15.8 Å². The van der Waals surface area contributed by atoms with Gasteiger partial charge in [0.2, 0.25) is 0 Å². The normalized spacial score (nSPS) is 11.2. The fraction of sp³-hybridized carbons (Fsp3) is 0.533. The lowest BCUT2D eigenvalue weighted by molar-refractivity contribution is 0.608. The lowest BCUT2D eigenvalue weighted by Gasteiger charge is -2.03. The molecular formula is C15H21NS2. The van der Waals surface area contributed by atoms with Gasteiger partial charge < -0.3 is 4.98 Å². The van der Waals surface area contributed by atoms with E-state index in [-0.39, 0.29) is 0 Å². The van der Waals surface area contributed by atoms with Gasteiger partial charge in [0.1, 0.15) is 0 Å². The van der Waals surface area contributed by atoms with Crippen LogP contribution in [-0.4, -0.2) is 4.98 Å². The predicted octanol–water partition coefficient (Wildman–Crippen LogP) is 5.86. The molecule has 0 saturated carbocycles. The zero-order valence-corrected chi connectivity index (χ0v) is 12.6. The number of para-hydroxylation sites is 1. The highest BCUT2D eigenvalue weighted by Gasteiger charge is 2.03. The lowest BCUT2D eigenvalue weighted by atomic mass is 10.0. The van der Waals surface area contributed by atoms with Crippen molar-refractivity contribution < 1.29 is 0 Å². The number of benzene rings is 1. The van der Waals surface area contributed by atoms with Crippen LogP contribution in [0.2, 0.25) is 0 Å². The molecule has 2 aromatic rings. The second-order valence-corrected chi connectivity index (χ2v) is 6.54. The molecule has 0 radical (unpaired) electrons. The number of H-pyrrole nitrogens is 1. The largest absolute Gasteiger partial charge is 0.337 e. The van der Waals surface area contributed by atoms with Gasteiger partial charge in [-0.2, -0.15) is 0 Å². The number of aromatic amines is 1. The number of hydrogen-bond acceptors (Lipinski definition) is 2. The van der Waals surface area contributed by atoms with Crippen LogP contribution in [0.1, 0.15) is 51.0 Å². The molecule has 1 N–H and O–H groups in total. The number of unbranched alkanes of at least 4 members (excludes halogenated alkanes) is 5. The van der Waals surface area contributed by atoms with Gasteiger partial charge in [0.15, 0.2) is 3.95 Å². The van der Waals surface area contributed by atoms with Crippen molar-refractivity contribution in [3.63, 3.8) is 0 Å². The molecule has 0 fully saturated rings. The molecule has 0 atom stereocenters. The number of hydrogen-bond donors (Lipinski definition) is 1. The molecule has 1 aromatic heterocycles. The molecule has 3 heteroatoms. The molecule has 1 aromatic carbocycles. The summed E-state index contributed by atoms with van der Waals surface area (Å²) in [5.41, 5.74) is 2.69. The van der Waals surface area contributed by atoms with E-state index in [1.165, 1.54) is 60.7 Å². The van der Waals surface area contributed by atoms with Crippen LogP contribution in [0.3, 0.4) is 0 Å². The standard InChI is InChI=1S/C15H21NS2/c1-2-3-4-5-6-7-9-12-10-8-11-13-14(12)16-15(17)18-13/h8,10-11H,2-7,9H2,1H3,(H,16,17). The minimum Gasteiger partial charge on any atom is -0.337 e. The summed E-state index contributed by atoms with van der Waals surface area (Å²) < 4.78 is 2.18. The van der Waals surface area contributed by atoms with Crippen molar-refractivity contribution in [3.8, 4) is 0 Å². The number of thiazole rings is 1. The Morgan fingerprint density at radius 3 is 2.72 bits per heavy atom. The molecular weight excluding hydrogens is 258 g/mol. The Morgan fingerprint density at radius 1 is 1.11 bits per heavy atom. The van der Waals surface area contributed by atoms with E-state index in [0.29, 0.717) is 0 Å². The molecule has 0 unspecified atom stereocenters. The van der Waals surface area contributed by atoms with E-state index in [2.05, 4.69) is 30.1 Å². The smallest absolute Gasteiger partial charge is 0.159 e. The van der Waals surface area contributed by atoms with Crippen molar-refractivity contribution in [3.05, 3.63) is 27.7 Å². The number of aryl methyl sites for hydroxylation is 1. The molecule has 0 amide bonds. The Balaban J connectivity index is 1.89. The van der Waals surface area contributed by atoms with Gasteiger partial charge in [-0.05, 0) is 36.7 Å². The summed E-state index contributed by atoms with van der Waals surface area (Å²) in [4.78, 5) is 3.32. The van der Waals surface area contributed by atoms with Gasteiger partial charge in [-0.3, -0.25) is 0 Å². The molecule has 98 valence electrons. The average Bonchev–Trinajstić information content (AvgIpc) is 2.74. The zero-order valence-electron chi connectivity index (χ0n) is 11.0. The zero-order chi connectivity index (χ0) is 12.8. The Labute approximate surface area is 118 Å². The van der Waals surface area contributed by atoms with Crippen LogP contribution in [0.25, 0.3) is 10.2 Å². The summed E-state index contributed by atoms with van der Waals surface area (Å²) >= 11 is 6.89. The maximum absolute atomic E-state index is 5.22. The first kappa shape index (κ1) is 13.8. The Bertz CT molecular complexity index is 539. The fourth-order valence-electron chi connectivity index (χ4n) is 2.34. The highest BCUT2D eigenvalue weighted by Crippen LogP contribution is 2.24. The van der Waals surface area contributed by atoms with Crippen molar-refractivity contribution in [2.45, 2.75) is 51.9 Å². The van der Waals surface area contributed by atoms with E-state index in [4.69, 9.17) is 12.2 Å². The number of nitrogens with one attached hydrogen (secondary N) is 1. The summed E-state index contributed by atoms with van der Waals surface area (Å²) in [6.45, 7) is 2.26. The SMILES string of the molecule is CCCCCCCCc1cccc2sc(=S)[nH]c12. The summed E-state index contributed by atoms with van der Waals surface area (Å²) in [7, 11) is 0. The highest BCUT2D eigenvalue weighted by atomic mass is 32.1. The molecule has 1 heterocycles. The summed E-state index contributed by atoms with van der Waals surface area (Å²) in [5, 5.41) is 0. The first-order chi connectivity index (χ1) is 8.81. The fourth-order valence-corrected chi connectivity index (χ4v) is 3.49. The van der Waals surface area contributed by atoms with Crippen molar-refractivity contribution in [1.82, 2.24) is 4.98 Å². The van der Waals surface area contributed by atoms with Crippen molar-refractivity contribution >= 4 is 33.8 Å². The molecule has 2 rings (SSSR count). The second-order valence-electron chi connectivity index (χ2n) is 4.82. The van der Waals surface area contributed by atoms with E-state index >= 15 is 0 Å². The van der Waals surface area contributed by atoms with Gasteiger partial charge >= 0.3 is 0 Å². The maximum Gasteiger partial charge on any atom is 0.159 e. The number of aromatic nitrogens is 1. The van der Waals surface area contributed by atoms with Crippen LogP contribution >= 0.6 is 23.6 Å². The van der Waals surface area contributed by atoms with E-state index in [1.807, 2.05) is 0 Å². The number of fused-ring (bicyclic) bond motifs is 1. The third kappa shape index (κ3) is 3.66. The summed E-state index contributed by atoms with van der Waals surface area (Å²) in [5.74, 6) is 0. The van der Waals surface area contributed by atoms with Gasteiger partial charge in [0.25, 0.3) is 0 Å². The number of rotatable bonds is 7. The first-order valence-electron chi connectivity index (χ1n) is 6.92. The van der Waals surface area contributed by atoms with Crippen LogP contribution in [-0.2, 0) is 6.42 Å². The minimum atomic E-state index is 0.889. The van der Waals surface area contributed by atoms with Gasteiger partial charge in [-0.15, -0.1) is 11.3 Å². The first-order valence-corrected chi connectivity index (χ1v) is 8.14. The van der Waals surface area contributed by atoms with Crippen LogP contribution in [0.4, 0.5) is 0 Å². The van der Waals surface area contributed by atoms with Gasteiger partial charge in [0, 0.05) is 0 Å². The van der Waals surface area contributed by atoms with E-state index in [0.717, 1.165) is 3.95 Å². The second kappa shape index (κ2) is 7.05. The molecule has 0 aliphatic heterocycles. The van der Waals surface area contributed by atoms with Crippen molar-refractivity contribution in [2.75, 3.05) is 0 Å². The summed E-state index contributed by atoms with van der Waals surface area (Å²) in [6.07, 6.45) is 9.29. The van der Waals surface area contributed by atoms with E-state index < -0.39 is 0 Å². The third-order valence-corrected chi connectivity index (χ3v) is 4.54. The minimum absolute atomic E-state index is 0.889.